The average molecular weight is 611 g/mol. The van der Waals surface area contributed by atoms with Crippen LogP contribution < -0.4 is 21.5 Å². The standard InChI is InChI=1S/C31H36ClFN6O4/c1-4-35-27-10-20(24-8-5-21(32)12-25(24)30(41)38-16-22(33)17-38)11-28(36-27)37-29(40)26-9-19(14-34-13-18(2)43-3)15-39(31(26)42)23-6-7-23/h5,8-12,15,18,22-23,34H,4,6-7,13-14,16-17H2,1-3H3,(H2,35,36,37,40)/t18-/m0/s1. The van der Waals surface area contributed by atoms with Gasteiger partial charge in [0.25, 0.3) is 17.4 Å². The number of nitrogens with one attached hydrogen (secondary N) is 3. The van der Waals surface area contributed by atoms with Crippen LogP contribution in [0.25, 0.3) is 11.1 Å². The van der Waals surface area contributed by atoms with Gasteiger partial charge in [0, 0.05) is 49.6 Å². The van der Waals surface area contributed by atoms with E-state index in [4.69, 9.17) is 16.3 Å². The average Bonchev–Trinajstić information content (AvgIpc) is 3.81. The van der Waals surface area contributed by atoms with Crippen LogP contribution in [0, 0.1) is 0 Å². The summed E-state index contributed by atoms with van der Waals surface area (Å²) in [7, 11) is 1.64. The van der Waals surface area contributed by atoms with E-state index in [1.807, 2.05) is 20.0 Å². The Morgan fingerprint density at radius 2 is 1.88 bits per heavy atom. The molecule has 2 fully saturated rings. The van der Waals surface area contributed by atoms with Crippen molar-refractivity contribution in [2.45, 2.75) is 51.6 Å². The molecule has 3 N–H and O–H groups in total. The molecule has 0 radical (unpaired) electrons. The predicted octanol–water partition coefficient (Wildman–Crippen LogP) is 4.50. The summed E-state index contributed by atoms with van der Waals surface area (Å²) in [5.41, 5.74) is 1.94. The predicted molar refractivity (Wildman–Crippen MR) is 165 cm³/mol. The highest BCUT2D eigenvalue weighted by Gasteiger charge is 2.32. The maximum atomic E-state index is 13.6. The lowest BCUT2D eigenvalue weighted by Crippen LogP contribution is -2.51. The number of hydrogen-bond donors (Lipinski definition) is 3. The minimum atomic E-state index is -1.04. The number of likely N-dealkylation sites (tertiary alicyclic amines) is 1. The number of halogens is 2. The number of pyridine rings is 2. The fourth-order valence-electron chi connectivity index (χ4n) is 4.96. The highest BCUT2D eigenvalue weighted by molar-refractivity contribution is 6.31. The van der Waals surface area contributed by atoms with E-state index in [1.165, 1.54) is 4.90 Å². The molecule has 5 rings (SSSR count). The van der Waals surface area contributed by atoms with Crippen LogP contribution in [0.1, 0.15) is 59.0 Å². The maximum Gasteiger partial charge on any atom is 0.263 e. The largest absolute Gasteiger partial charge is 0.380 e. The smallest absolute Gasteiger partial charge is 0.263 e. The van der Waals surface area contributed by atoms with Gasteiger partial charge < -0.3 is 30.2 Å². The Morgan fingerprint density at radius 1 is 1.14 bits per heavy atom. The molecule has 1 saturated carbocycles. The van der Waals surface area contributed by atoms with Gasteiger partial charge in [-0.05, 0) is 73.7 Å². The van der Waals surface area contributed by atoms with Gasteiger partial charge in [0.05, 0.1) is 19.2 Å². The number of hydrogen-bond acceptors (Lipinski definition) is 7. The molecule has 3 aromatic rings. The summed E-state index contributed by atoms with van der Waals surface area (Å²) in [6, 6.07) is 10.0. The number of aromatic nitrogens is 2. The van der Waals surface area contributed by atoms with E-state index in [9.17, 15) is 18.8 Å². The lowest BCUT2D eigenvalue weighted by atomic mass is 9.98. The van der Waals surface area contributed by atoms with Crippen molar-refractivity contribution in [1.82, 2.24) is 19.8 Å². The van der Waals surface area contributed by atoms with Crippen LogP contribution >= 0.6 is 11.6 Å². The zero-order chi connectivity index (χ0) is 30.7. The number of amides is 2. The van der Waals surface area contributed by atoms with Gasteiger partial charge in [-0.3, -0.25) is 14.4 Å². The molecule has 2 amide bonds. The van der Waals surface area contributed by atoms with E-state index < -0.39 is 12.1 Å². The SMILES string of the molecule is CCNc1cc(-c2ccc(Cl)cc2C(=O)N2CC(F)C2)cc(NC(=O)c2cc(CNC[C@H](C)OC)cn(C3CC3)c2=O)n1. The van der Waals surface area contributed by atoms with Gasteiger partial charge in [0.15, 0.2) is 0 Å². The Labute approximate surface area is 254 Å². The molecule has 1 saturated heterocycles. The van der Waals surface area contributed by atoms with Crippen molar-refractivity contribution in [2.75, 3.05) is 43.9 Å². The van der Waals surface area contributed by atoms with Gasteiger partial charge in [-0.25, -0.2) is 9.37 Å². The number of carbonyl (C=O) groups is 2. The Morgan fingerprint density at radius 3 is 2.56 bits per heavy atom. The number of carbonyl (C=O) groups excluding carboxylic acids is 2. The second kappa shape index (κ2) is 13.2. The van der Waals surface area contributed by atoms with E-state index in [-0.39, 0.29) is 48.1 Å². The molecular weight excluding hydrogens is 575 g/mol. The molecule has 1 aliphatic heterocycles. The minimum absolute atomic E-state index is 0.0177. The molecule has 0 bridgehead atoms. The molecule has 2 aliphatic rings. The number of ether oxygens (including phenoxy) is 1. The zero-order valence-electron chi connectivity index (χ0n) is 24.5. The second-order valence-electron chi connectivity index (χ2n) is 11.0. The molecule has 43 heavy (non-hydrogen) atoms. The van der Waals surface area contributed by atoms with Crippen molar-refractivity contribution in [3.63, 3.8) is 0 Å². The summed E-state index contributed by atoms with van der Waals surface area (Å²) >= 11 is 6.24. The number of rotatable bonds is 12. The second-order valence-corrected chi connectivity index (χ2v) is 11.4. The van der Waals surface area contributed by atoms with Gasteiger partial charge in [-0.1, -0.05) is 17.7 Å². The maximum absolute atomic E-state index is 13.6. The highest BCUT2D eigenvalue weighted by atomic mass is 35.5. The third-order valence-corrected chi connectivity index (χ3v) is 7.75. The van der Waals surface area contributed by atoms with E-state index in [1.54, 1.807) is 48.1 Å². The molecular formula is C31H36ClFN6O4. The summed E-state index contributed by atoms with van der Waals surface area (Å²) < 4.78 is 20.5. The van der Waals surface area contributed by atoms with Crippen LogP contribution in [0.3, 0.4) is 0 Å². The third-order valence-electron chi connectivity index (χ3n) is 7.52. The normalized spacial score (nSPS) is 15.6. The molecule has 12 heteroatoms. The quantitative estimate of drug-likeness (QED) is 0.276. The number of methoxy groups -OCH3 is 1. The highest BCUT2D eigenvalue weighted by Crippen LogP contribution is 2.34. The summed E-state index contributed by atoms with van der Waals surface area (Å²) in [5, 5.41) is 9.63. The third kappa shape index (κ3) is 7.23. The number of alkyl halides is 1. The number of benzene rings is 1. The fraction of sp³-hybridized carbons (Fsp3) is 0.419. The molecule has 0 spiro atoms. The molecule has 2 aromatic heterocycles. The Hall–Kier alpha value is -3.80. The summed E-state index contributed by atoms with van der Waals surface area (Å²) in [6.45, 7) is 5.57. The zero-order valence-corrected chi connectivity index (χ0v) is 25.2. The van der Waals surface area contributed by atoms with Crippen LogP contribution in [-0.4, -0.2) is 71.8 Å². The van der Waals surface area contributed by atoms with E-state index in [2.05, 4.69) is 20.9 Å². The van der Waals surface area contributed by atoms with E-state index in [0.717, 1.165) is 18.4 Å². The molecule has 228 valence electrons. The van der Waals surface area contributed by atoms with Crippen molar-refractivity contribution in [3.8, 4) is 11.1 Å². The monoisotopic (exact) mass is 610 g/mol. The van der Waals surface area contributed by atoms with Crippen molar-refractivity contribution in [3.05, 3.63) is 74.7 Å². The Kier molecular flexibility index (Phi) is 9.43. The van der Waals surface area contributed by atoms with Crippen molar-refractivity contribution in [1.29, 1.82) is 0 Å². The molecule has 1 aliphatic carbocycles. The van der Waals surface area contributed by atoms with Crippen LogP contribution in [0.4, 0.5) is 16.0 Å². The van der Waals surface area contributed by atoms with Crippen molar-refractivity contribution >= 4 is 35.1 Å². The van der Waals surface area contributed by atoms with Gasteiger partial charge >= 0.3 is 0 Å². The topological polar surface area (TPSA) is 118 Å². The van der Waals surface area contributed by atoms with Crippen LogP contribution in [0.15, 0.2) is 47.4 Å². The summed E-state index contributed by atoms with van der Waals surface area (Å²) in [6.07, 6.45) is 2.57. The lowest BCUT2D eigenvalue weighted by molar-refractivity contribution is 0.0401. The van der Waals surface area contributed by atoms with Gasteiger partial charge in [0.1, 0.15) is 23.4 Å². The number of anilines is 2. The molecule has 3 heterocycles. The Balaban J connectivity index is 1.46. The summed E-state index contributed by atoms with van der Waals surface area (Å²) in [4.78, 5) is 46.1. The fourth-order valence-corrected chi connectivity index (χ4v) is 5.13. The van der Waals surface area contributed by atoms with E-state index in [0.29, 0.717) is 47.2 Å². The van der Waals surface area contributed by atoms with E-state index >= 15 is 0 Å². The molecule has 0 unspecified atom stereocenters. The van der Waals surface area contributed by atoms with Crippen molar-refractivity contribution in [2.24, 2.45) is 0 Å². The van der Waals surface area contributed by atoms with Gasteiger partial charge in [-0.15, -0.1) is 0 Å². The van der Waals surface area contributed by atoms with Crippen LogP contribution in [0.2, 0.25) is 5.02 Å². The molecule has 1 atom stereocenters. The Bertz CT molecular complexity index is 1570. The first kappa shape index (κ1) is 30.7. The van der Waals surface area contributed by atoms with Gasteiger partial charge in [0.2, 0.25) is 0 Å². The van der Waals surface area contributed by atoms with Crippen LogP contribution in [0.5, 0.6) is 0 Å². The first-order valence-corrected chi connectivity index (χ1v) is 14.8. The van der Waals surface area contributed by atoms with Crippen molar-refractivity contribution < 1.29 is 18.7 Å². The first-order valence-electron chi connectivity index (χ1n) is 14.5. The first-order chi connectivity index (χ1) is 20.7. The van der Waals surface area contributed by atoms with Gasteiger partial charge in [-0.2, -0.15) is 0 Å². The lowest BCUT2D eigenvalue weighted by Gasteiger charge is -2.34. The van der Waals surface area contributed by atoms with Crippen LogP contribution in [-0.2, 0) is 11.3 Å². The minimum Gasteiger partial charge on any atom is -0.380 e. The number of nitrogens with zero attached hydrogens (tertiary/aromatic N) is 3. The summed E-state index contributed by atoms with van der Waals surface area (Å²) in [5.74, 6) is -0.239. The molecule has 10 nitrogen and oxygen atoms in total. The molecule has 1 aromatic carbocycles.